The molecule has 1 aromatic carbocycles. The number of thiophene rings is 1. The quantitative estimate of drug-likeness (QED) is 0.869. The minimum absolute atomic E-state index is 0.0289. The summed E-state index contributed by atoms with van der Waals surface area (Å²) in [7, 11) is -3.34. The van der Waals surface area contributed by atoms with Crippen LogP contribution in [-0.2, 0) is 14.8 Å². The third-order valence-corrected chi connectivity index (χ3v) is 5.42. The van der Waals surface area contributed by atoms with Crippen LogP contribution in [0.15, 0.2) is 46.9 Å². The van der Waals surface area contributed by atoms with Crippen LogP contribution in [0.25, 0.3) is 0 Å². The van der Waals surface area contributed by atoms with Gasteiger partial charge in [0, 0.05) is 23.4 Å². The molecule has 3 rings (SSSR count). The summed E-state index contributed by atoms with van der Waals surface area (Å²) in [6.07, 6.45) is 2.10. The Bertz CT molecular complexity index is 905. The number of hydrogen-bond acceptors (Lipinski definition) is 5. The monoisotopic (exact) mass is 377 g/mol. The van der Waals surface area contributed by atoms with Crippen molar-refractivity contribution in [2.75, 3.05) is 11.0 Å². The summed E-state index contributed by atoms with van der Waals surface area (Å²) in [5, 5.41) is 8.07. The molecule has 1 aliphatic rings. The topological polar surface area (TPSA) is 78.8 Å². The maximum Gasteiger partial charge on any atom is 0.243 e. The molecule has 132 valence electrons. The van der Waals surface area contributed by atoms with Gasteiger partial charge >= 0.3 is 0 Å². The highest BCUT2D eigenvalue weighted by Crippen LogP contribution is 2.35. The minimum Gasteiger partial charge on any atom is -0.284 e. The van der Waals surface area contributed by atoms with E-state index in [0.717, 1.165) is 22.4 Å². The molecule has 0 spiro atoms. The number of anilines is 1. The number of sulfonamides is 1. The SMILES string of the molecule is CCC(=O)N1N=C(c2cccc(NS(C)(=O)=O)c2)C[C@H]1c1cccs1. The second kappa shape index (κ2) is 6.97. The second-order valence-electron chi connectivity index (χ2n) is 5.83. The van der Waals surface area contributed by atoms with Crippen molar-refractivity contribution in [1.82, 2.24) is 5.01 Å². The highest BCUT2D eigenvalue weighted by molar-refractivity contribution is 7.92. The van der Waals surface area contributed by atoms with Gasteiger partial charge in [-0.15, -0.1) is 11.3 Å². The third kappa shape index (κ3) is 4.08. The van der Waals surface area contributed by atoms with Gasteiger partial charge in [0.1, 0.15) is 0 Å². The van der Waals surface area contributed by atoms with Crippen LogP contribution >= 0.6 is 11.3 Å². The van der Waals surface area contributed by atoms with Gasteiger partial charge in [0.15, 0.2) is 0 Å². The number of amides is 1. The summed E-state index contributed by atoms with van der Waals surface area (Å²) in [6, 6.07) is 10.9. The van der Waals surface area contributed by atoms with Crippen molar-refractivity contribution >= 4 is 38.7 Å². The van der Waals surface area contributed by atoms with Gasteiger partial charge in [0.05, 0.1) is 18.0 Å². The largest absolute Gasteiger partial charge is 0.284 e. The first-order chi connectivity index (χ1) is 11.9. The average Bonchev–Trinajstić information content (AvgIpc) is 3.22. The summed E-state index contributed by atoms with van der Waals surface area (Å²) >= 11 is 1.60. The third-order valence-electron chi connectivity index (χ3n) is 3.84. The lowest BCUT2D eigenvalue weighted by molar-refractivity contribution is -0.132. The molecule has 0 bridgehead atoms. The van der Waals surface area contributed by atoms with Crippen molar-refractivity contribution in [1.29, 1.82) is 0 Å². The van der Waals surface area contributed by atoms with Gasteiger partial charge in [-0.3, -0.25) is 9.52 Å². The molecule has 0 aliphatic carbocycles. The molecule has 0 fully saturated rings. The van der Waals surface area contributed by atoms with Gasteiger partial charge in [-0.2, -0.15) is 5.10 Å². The van der Waals surface area contributed by atoms with Crippen molar-refractivity contribution in [3.8, 4) is 0 Å². The predicted molar refractivity (Wildman–Crippen MR) is 100 cm³/mol. The maximum atomic E-state index is 12.3. The Morgan fingerprint density at radius 1 is 1.36 bits per heavy atom. The van der Waals surface area contributed by atoms with Crippen molar-refractivity contribution in [2.45, 2.75) is 25.8 Å². The molecule has 0 unspecified atom stereocenters. The van der Waals surface area contributed by atoms with Gasteiger partial charge in [-0.1, -0.05) is 25.1 Å². The van der Waals surface area contributed by atoms with Crippen LogP contribution in [-0.4, -0.2) is 31.3 Å². The van der Waals surface area contributed by atoms with Crippen LogP contribution in [0.2, 0.25) is 0 Å². The molecule has 8 heteroatoms. The highest BCUT2D eigenvalue weighted by atomic mass is 32.2. The van der Waals surface area contributed by atoms with E-state index in [0.29, 0.717) is 18.5 Å². The van der Waals surface area contributed by atoms with E-state index in [-0.39, 0.29) is 11.9 Å². The maximum absolute atomic E-state index is 12.3. The van der Waals surface area contributed by atoms with Gasteiger partial charge in [-0.05, 0) is 29.1 Å². The summed E-state index contributed by atoms with van der Waals surface area (Å²) in [5.74, 6) is -0.0289. The van der Waals surface area contributed by atoms with Gasteiger partial charge in [-0.25, -0.2) is 13.4 Å². The number of nitrogens with zero attached hydrogens (tertiary/aromatic N) is 2. The van der Waals surface area contributed by atoms with E-state index in [4.69, 9.17) is 0 Å². The zero-order valence-electron chi connectivity index (χ0n) is 14.0. The predicted octanol–water partition coefficient (Wildman–Crippen LogP) is 3.21. The molecule has 0 saturated heterocycles. The van der Waals surface area contributed by atoms with Gasteiger partial charge < -0.3 is 0 Å². The fourth-order valence-electron chi connectivity index (χ4n) is 2.76. The summed E-state index contributed by atoms with van der Waals surface area (Å²) in [6.45, 7) is 1.82. The van der Waals surface area contributed by atoms with Crippen LogP contribution in [0.5, 0.6) is 0 Å². The summed E-state index contributed by atoms with van der Waals surface area (Å²) < 4.78 is 25.3. The first kappa shape index (κ1) is 17.6. The van der Waals surface area contributed by atoms with E-state index in [2.05, 4.69) is 9.82 Å². The lowest BCUT2D eigenvalue weighted by Gasteiger charge is -2.19. The number of benzene rings is 1. The minimum atomic E-state index is -3.34. The fraction of sp³-hybridized carbons (Fsp3) is 0.294. The van der Waals surface area contributed by atoms with E-state index in [9.17, 15) is 13.2 Å². The Morgan fingerprint density at radius 3 is 2.80 bits per heavy atom. The standard InChI is InChI=1S/C17H19N3O3S2/c1-3-17(21)20-15(16-8-5-9-24-16)11-14(18-20)12-6-4-7-13(10-12)19-25(2,22)23/h4-10,15,19H,3,11H2,1-2H3/t15-/m0/s1. The van der Waals surface area contributed by atoms with E-state index >= 15 is 0 Å². The van der Waals surface area contributed by atoms with Crippen LogP contribution in [0, 0.1) is 0 Å². The number of nitrogens with one attached hydrogen (secondary N) is 1. The fourth-order valence-corrected chi connectivity index (χ4v) is 4.12. The number of carbonyl (C=O) groups is 1. The Morgan fingerprint density at radius 2 is 2.16 bits per heavy atom. The Labute approximate surface area is 151 Å². The van der Waals surface area contributed by atoms with E-state index in [1.165, 1.54) is 0 Å². The highest BCUT2D eigenvalue weighted by Gasteiger charge is 2.32. The molecule has 0 saturated carbocycles. The molecule has 0 radical (unpaired) electrons. The Balaban J connectivity index is 1.92. The Hall–Kier alpha value is -2.19. The summed E-state index contributed by atoms with van der Waals surface area (Å²) in [5.41, 5.74) is 2.06. The van der Waals surface area contributed by atoms with Crippen molar-refractivity contribution in [3.63, 3.8) is 0 Å². The lowest BCUT2D eigenvalue weighted by atomic mass is 10.0. The summed E-state index contributed by atoms with van der Waals surface area (Å²) in [4.78, 5) is 13.4. The van der Waals surface area contributed by atoms with Gasteiger partial charge in [0.25, 0.3) is 0 Å². The molecule has 6 nitrogen and oxygen atoms in total. The molecule has 2 heterocycles. The molecule has 1 aliphatic heterocycles. The molecule has 2 aromatic rings. The number of rotatable bonds is 5. The lowest BCUT2D eigenvalue weighted by Crippen LogP contribution is -2.25. The van der Waals surface area contributed by atoms with Crippen molar-refractivity contribution in [3.05, 3.63) is 52.2 Å². The average molecular weight is 377 g/mol. The van der Waals surface area contributed by atoms with E-state index in [1.54, 1.807) is 34.5 Å². The van der Waals surface area contributed by atoms with Crippen LogP contribution in [0.1, 0.15) is 36.2 Å². The second-order valence-corrected chi connectivity index (χ2v) is 8.56. The molecule has 1 aromatic heterocycles. The number of carbonyl (C=O) groups excluding carboxylic acids is 1. The molecule has 1 atom stereocenters. The smallest absolute Gasteiger partial charge is 0.243 e. The normalized spacial score (nSPS) is 17.4. The van der Waals surface area contributed by atoms with Gasteiger partial charge in [0.2, 0.25) is 15.9 Å². The molecular weight excluding hydrogens is 358 g/mol. The first-order valence-corrected chi connectivity index (χ1v) is 10.7. The zero-order chi connectivity index (χ0) is 18.0. The van der Waals surface area contributed by atoms with Crippen molar-refractivity contribution in [2.24, 2.45) is 5.10 Å². The van der Waals surface area contributed by atoms with E-state index in [1.807, 2.05) is 30.5 Å². The van der Waals surface area contributed by atoms with E-state index < -0.39 is 10.0 Å². The number of hydrogen-bond donors (Lipinski definition) is 1. The Kier molecular flexibility index (Phi) is 4.91. The molecular formula is C17H19N3O3S2. The molecule has 1 amide bonds. The molecule has 1 N–H and O–H groups in total. The number of hydrazone groups is 1. The van der Waals surface area contributed by atoms with Crippen LogP contribution in [0.3, 0.4) is 0 Å². The van der Waals surface area contributed by atoms with Crippen LogP contribution < -0.4 is 4.72 Å². The van der Waals surface area contributed by atoms with Crippen LogP contribution in [0.4, 0.5) is 5.69 Å². The molecule has 25 heavy (non-hydrogen) atoms. The zero-order valence-corrected chi connectivity index (χ0v) is 15.6. The van der Waals surface area contributed by atoms with Crippen molar-refractivity contribution < 1.29 is 13.2 Å². The first-order valence-electron chi connectivity index (χ1n) is 7.88.